The highest BCUT2D eigenvalue weighted by Gasteiger charge is 2.23. The molecule has 1 saturated carbocycles. The summed E-state index contributed by atoms with van der Waals surface area (Å²) in [6, 6.07) is 7.18. The van der Waals surface area contributed by atoms with Crippen molar-refractivity contribution >= 4 is 29.5 Å². The number of carbonyl (C=O) groups excluding carboxylic acids is 3. The van der Waals surface area contributed by atoms with E-state index < -0.39 is 5.97 Å². The highest BCUT2D eigenvalue weighted by Crippen LogP contribution is 2.24. The first-order valence-corrected chi connectivity index (χ1v) is 10.8. The van der Waals surface area contributed by atoms with Crippen molar-refractivity contribution in [2.24, 2.45) is 5.92 Å². The number of hydrogen-bond acceptors (Lipinski definition) is 5. The zero-order valence-electron chi connectivity index (χ0n) is 16.8. The number of thioether (sulfide) groups is 1. The summed E-state index contributed by atoms with van der Waals surface area (Å²) in [4.78, 5) is 37.1. The molecule has 2 amide bonds. The molecule has 0 saturated heterocycles. The number of rotatable bonds is 8. The van der Waals surface area contributed by atoms with E-state index >= 15 is 0 Å². The molecule has 0 unspecified atom stereocenters. The number of benzene rings is 1. The summed E-state index contributed by atoms with van der Waals surface area (Å²) in [5.74, 6) is -0.262. The minimum Gasteiger partial charge on any atom is -0.452 e. The first-order chi connectivity index (χ1) is 13.4. The number of esters is 1. The van der Waals surface area contributed by atoms with E-state index in [9.17, 15) is 14.4 Å². The van der Waals surface area contributed by atoms with E-state index in [1.807, 2.05) is 13.8 Å². The van der Waals surface area contributed by atoms with Crippen LogP contribution in [0, 0.1) is 5.92 Å². The molecule has 2 N–H and O–H groups in total. The Bertz CT molecular complexity index is 693. The van der Waals surface area contributed by atoms with Crippen LogP contribution in [0.25, 0.3) is 0 Å². The second kappa shape index (κ2) is 11.1. The van der Waals surface area contributed by atoms with Crippen LogP contribution < -0.4 is 10.6 Å². The fourth-order valence-corrected chi connectivity index (χ4v) is 4.11. The van der Waals surface area contributed by atoms with Gasteiger partial charge in [-0.2, -0.15) is 0 Å². The first-order valence-electron chi connectivity index (χ1n) is 9.84. The molecular formula is C21H30N2O4S. The maximum Gasteiger partial charge on any atom is 0.339 e. The van der Waals surface area contributed by atoms with Crippen molar-refractivity contribution in [2.75, 3.05) is 12.4 Å². The average Bonchev–Trinajstić information content (AvgIpc) is 2.66. The van der Waals surface area contributed by atoms with Gasteiger partial charge in [-0.1, -0.05) is 31.9 Å². The molecule has 1 fully saturated rings. The Kier molecular flexibility index (Phi) is 8.83. The zero-order valence-corrected chi connectivity index (χ0v) is 17.6. The third kappa shape index (κ3) is 7.19. The maximum atomic E-state index is 12.4. The van der Waals surface area contributed by atoms with Gasteiger partial charge < -0.3 is 15.4 Å². The van der Waals surface area contributed by atoms with Crippen molar-refractivity contribution in [3.05, 3.63) is 29.8 Å². The summed E-state index contributed by atoms with van der Waals surface area (Å²) < 4.78 is 5.21. The Morgan fingerprint density at radius 3 is 2.57 bits per heavy atom. The van der Waals surface area contributed by atoms with Gasteiger partial charge in [0.2, 0.25) is 5.91 Å². The van der Waals surface area contributed by atoms with Crippen LogP contribution in [0.4, 0.5) is 0 Å². The fraction of sp³-hybridized carbons (Fsp3) is 0.571. The average molecular weight is 407 g/mol. The largest absolute Gasteiger partial charge is 0.452 e. The van der Waals surface area contributed by atoms with Crippen LogP contribution >= 0.6 is 11.8 Å². The summed E-state index contributed by atoms with van der Waals surface area (Å²) >= 11 is 1.28. The van der Waals surface area contributed by atoms with Crippen LogP contribution in [0.1, 0.15) is 56.8 Å². The Morgan fingerprint density at radius 1 is 1.14 bits per heavy atom. The third-order valence-corrected chi connectivity index (χ3v) is 5.78. The van der Waals surface area contributed by atoms with Crippen LogP contribution in [0.15, 0.2) is 29.2 Å². The number of nitrogens with one attached hydrogen (secondary N) is 2. The molecule has 0 radical (unpaired) electrons. The number of amides is 2. The Labute approximate surface area is 171 Å². The summed E-state index contributed by atoms with van der Waals surface area (Å²) in [6.07, 6.45) is 4.40. The molecule has 1 aliphatic rings. The Balaban J connectivity index is 1.86. The highest BCUT2D eigenvalue weighted by molar-refractivity contribution is 8.00. The summed E-state index contributed by atoms with van der Waals surface area (Å²) in [6.45, 7) is 5.63. The topological polar surface area (TPSA) is 84.5 Å². The molecule has 1 aliphatic carbocycles. The normalized spacial score (nSPS) is 19.1. The minimum absolute atomic E-state index is 0.0682. The van der Waals surface area contributed by atoms with Gasteiger partial charge in [0.05, 0.1) is 11.3 Å². The van der Waals surface area contributed by atoms with Gasteiger partial charge in [0, 0.05) is 17.0 Å². The smallest absolute Gasteiger partial charge is 0.339 e. The lowest BCUT2D eigenvalue weighted by atomic mass is 9.86. The second-order valence-corrected chi connectivity index (χ2v) is 8.54. The molecule has 0 heterocycles. The minimum atomic E-state index is -0.556. The molecular weight excluding hydrogens is 376 g/mol. The lowest BCUT2D eigenvalue weighted by Crippen LogP contribution is -2.42. The maximum absolute atomic E-state index is 12.4. The molecule has 6 nitrogen and oxygen atoms in total. The van der Waals surface area contributed by atoms with Gasteiger partial charge >= 0.3 is 5.97 Å². The fourth-order valence-electron chi connectivity index (χ4n) is 3.26. The van der Waals surface area contributed by atoms with Crippen molar-refractivity contribution in [3.8, 4) is 0 Å². The SMILES string of the molecule is CC(C)NC(=O)CSc1ccccc1C(=O)OCC(=O)N[C@@H]1CCCC[C@H]1C. The monoisotopic (exact) mass is 406 g/mol. The van der Waals surface area contributed by atoms with Gasteiger partial charge in [-0.05, 0) is 44.7 Å². The van der Waals surface area contributed by atoms with Crippen LogP contribution in [-0.4, -0.2) is 42.2 Å². The molecule has 2 atom stereocenters. The molecule has 2 rings (SSSR count). The summed E-state index contributed by atoms with van der Waals surface area (Å²) in [5, 5.41) is 5.79. The standard InChI is InChI=1S/C21H30N2O4S/c1-14(2)22-20(25)13-28-18-11-7-5-9-16(18)21(26)27-12-19(24)23-17-10-6-4-8-15(17)3/h5,7,9,11,14-15,17H,4,6,8,10,12-13H2,1-3H3,(H,22,25)(H,23,24)/t15-,17-/m1/s1. The van der Waals surface area contributed by atoms with E-state index in [1.165, 1.54) is 18.2 Å². The third-order valence-electron chi connectivity index (χ3n) is 4.71. The summed E-state index contributed by atoms with van der Waals surface area (Å²) in [7, 11) is 0. The molecule has 0 aliphatic heterocycles. The summed E-state index contributed by atoms with van der Waals surface area (Å²) in [5.41, 5.74) is 0.365. The number of hydrogen-bond donors (Lipinski definition) is 2. The van der Waals surface area contributed by atoms with E-state index in [0.717, 1.165) is 19.3 Å². The van der Waals surface area contributed by atoms with Crippen molar-refractivity contribution < 1.29 is 19.1 Å². The van der Waals surface area contributed by atoms with Crippen LogP contribution in [0.5, 0.6) is 0 Å². The van der Waals surface area contributed by atoms with E-state index in [2.05, 4.69) is 17.6 Å². The Hall–Kier alpha value is -2.02. The van der Waals surface area contributed by atoms with Crippen molar-refractivity contribution in [1.29, 1.82) is 0 Å². The van der Waals surface area contributed by atoms with Gasteiger partial charge in [0.1, 0.15) is 0 Å². The quantitative estimate of drug-likeness (QED) is 0.512. The van der Waals surface area contributed by atoms with Crippen molar-refractivity contribution in [1.82, 2.24) is 10.6 Å². The lowest BCUT2D eigenvalue weighted by molar-refractivity contribution is -0.125. The molecule has 0 bridgehead atoms. The molecule has 1 aromatic rings. The van der Waals surface area contributed by atoms with Gasteiger partial charge in [0.15, 0.2) is 6.61 Å². The molecule has 0 spiro atoms. The van der Waals surface area contributed by atoms with Gasteiger partial charge in [-0.25, -0.2) is 4.79 Å². The van der Waals surface area contributed by atoms with Crippen LogP contribution in [0.3, 0.4) is 0 Å². The van der Waals surface area contributed by atoms with E-state index in [0.29, 0.717) is 16.4 Å². The van der Waals surface area contributed by atoms with E-state index in [-0.39, 0.29) is 36.3 Å². The molecule has 0 aromatic heterocycles. The second-order valence-electron chi connectivity index (χ2n) is 7.52. The number of carbonyl (C=O) groups is 3. The first kappa shape index (κ1) is 22.3. The van der Waals surface area contributed by atoms with Crippen LogP contribution in [-0.2, 0) is 14.3 Å². The van der Waals surface area contributed by atoms with Crippen molar-refractivity contribution in [2.45, 2.75) is 63.4 Å². The molecule has 1 aromatic carbocycles. The zero-order chi connectivity index (χ0) is 20.5. The molecule has 154 valence electrons. The van der Waals surface area contributed by atoms with Crippen molar-refractivity contribution in [3.63, 3.8) is 0 Å². The van der Waals surface area contributed by atoms with Gasteiger partial charge in [-0.15, -0.1) is 11.8 Å². The van der Waals surface area contributed by atoms with E-state index in [4.69, 9.17) is 4.74 Å². The molecule has 7 heteroatoms. The Morgan fingerprint density at radius 2 is 1.86 bits per heavy atom. The number of ether oxygens (including phenoxy) is 1. The van der Waals surface area contributed by atoms with Gasteiger partial charge in [-0.3, -0.25) is 9.59 Å². The predicted molar refractivity (Wildman–Crippen MR) is 110 cm³/mol. The highest BCUT2D eigenvalue weighted by atomic mass is 32.2. The lowest BCUT2D eigenvalue weighted by Gasteiger charge is -2.29. The van der Waals surface area contributed by atoms with Gasteiger partial charge in [0.25, 0.3) is 5.91 Å². The van der Waals surface area contributed by atoms with E-state index in [1.54, 1.807) is 24.3 Å². The molecule has 28 heavy (non-hydrogen) atoms. The van der Waals surface area contributed by atoms with Crippen LogP contribution in [0.2, 0.25) is 0 Å². The predicted octanol–water partition coefficient (Wildman–Crippen LogP) is 3.16.